The van der Waals surface area contributed by atoms with Crippen LogP contribution in [-0.4, -0.2) is 51.0 Å². The lowest BCUT2D eigenvalue weighted by molar-refractivity contribution is -0.160. The summed E-state index contributed by atoms with van der Waals surface area (Å²) in [5.41, 5.74) is 0.931. The van der Waals surface area contributed by atoms with Crippen molar-refractivity contribution in [2.45, 2.75) is 24.3 Å². The molecule has 0 aliphatic carbocycles. The molecule has 22 heavy (non-hydrogen) atoms. The number of hydrogen-bond acceptors (Lipinski definition) is 6. The Balaban J connectivity index is 2.01. The summed E-state index contributed by atoms with van der Waals surface area (Å²) in [5.74, 6) is -1.39. The monoisotopic (exact) mass is 327 g/mol. The van der Waals surface area contributed by atoms with E-state index in [1.54, 1.807) is 12.1 Å². The minimum atomic E-state index is -3.78. The van der Waals surface area contributed by atoms with E-state index >= 15 is 0 Å². The third-order valence-corrected chi connectivity index (χ3v) is 5.06. The standard InChI is InChI=1S/C14H17NO6S/c1-10-3-5-11(6-4-10)22(18,19)15(2)9-13(16)21-12-7-8-20-14(12)17/h3-6,12H,7-9H2,1-2H3/t12-/m0/s1. The van der Waals surface area contributed by atoms with Crippen LogP contribution in [0.5, 0.6) is 0 Å². The number of hydrogen-bond donors (Lipinski definition) is 0. The van der Waals surface area contributed by atoms with Crippen molar-refractivity contribution >= 4 is 22.0 Å². The Kier molecular flexibility index (Phi) is 4.82. The van der Waals surface area contributed by atoms with E-state index in [-0.39, 0.29) is 11.5 Å². The fourth-order valence-electron chi connectivity index (χ4n) is 1.94. The smallest absolute Gasteiger partial charge is 0.347 e. The lowest BCUT2D eigenvalue weighted by Gasteiger charge is -2.17. The average Bonchev–Trinajstić information content (AvgIpc) is 2.84. The van der Waals surface area contributed by atoms with Gasteiger partial charge < -0.3 is 9.47 Å². The number of sulfonamides is 1. The molecular formula is C14H17NO6S. The summed E-state index contributed by atoms with van der Waals surface area (Å²) >= 11 is 0. The van der Waals surface area contributed by atoms with Gasteiger partial charge >= 0.3 is 11.9 Å². The normalized spacial score (nSPS) is 18.3. The predicted octanol–water partition coefficient (Wildman–Crippen LogP) is 0.474. The molecule has 0 spiro atoms. The highest BCUT2D eigenvalue weighted by Crippen LogP contribution is 2.16. The van der Waals surface area contributed by atoms with Crippen LogP contribution in [0.15, 0.2) is 29.2 Å². The van der Waals surface area contributed by atoms with Crippen molar-refractivity contribution in [3.63, 3.8) is 0 Å². The molecule has 120 valence electrons. The fourth-order valence-corrected chi connectivity index (χ4v) is 3.05. The highest BCUT2D eigenvalue weighted by molar-refractivity contribution is 7.89. The largest absolute Gasteiger partial charge is 0.463 e. The van der Waals surface area contributed by atoms with Gasteiger partial charge in [0.05, 0.1) is 11.5 Å². The van der Waals surface area contributed by atoms with E-state index in [1.807, 2.05) is 6.92 Å². The molecule has 0 aromatic heterocycles. The second-order valence-corrected chi connectivity index (χ2v) is 7.05. The summed E-state index contributed by atoms with van der Waals surface area (Å²) in [6.07, 6.45) is -0.651. The van der Waals surface area contributed by atoms with Crippen LogP contribution in [0, 0.1) is 6.92 Å². The maximum absolute atomic E-state index is 12.3. The molecule has 0 N–H and O–H groups in total. The van der Waals surface area contributed by atoms with E-state index in [0.717, 1.165) is 9.87 Å². The molecule has 1 heterocycles. The van der Waals surface area contributed by atoms with E-state index in [0.29, 0.717) is 6.42 Å². The van der Waals surface area contributed by atoms with Gasteiger partial charge in [-0.1, -0.05) is 17.7 Å². The SMILES string of the molecule is Cc1ccc(S(=O)(=O)N(C)CC(=O)O[C@H]2CCOC2=O)cc1. The topological polar surface area (TPSA) is 90.0 Å². The summed E-state index contributed by atoms with van der Waals surface area (Å²) in [4.78, 5) is 23.1. The predicted molar refractivity (Wildman–Crippen MR) is 76.5 cm³/mol. The van der Waals surface area contributed by atoms with Crippen molar-refractivity contribution in [1.82, 2.24) is 4.31 Å². The minimum absolute atomic E-state index is 0.0914. The van der Waals surface area contributed by atoms with E-state index in [4.69, 9.17) is 4.74 Å². The number of benzene rings is 1. The molecule has 1 atom stereocenters. The number of esters is 2. The number of cyclic esters (lactones) is 1. The number of ether oxygens (including phenoxy) is 2. The number of carbonyl (C=O) groups is 2. The number of nitrogens with zero attached hydrogens (tertiary/aromatic N) is 1. The molecule has 0 radical (unpaired) electrons. The van der Waals surface area contributed by atoms with E-state index in [1.165, 1.54) is 19.2 Å². The highest BCUT2D eigenvalue weighted by Gasteiger charge is 2.31. The zero-order valence-electron chi connectivity index (χ0n) is 12.3. The van der Waals surface area contributed by atoms with Crippen LogP contribution < -0.4 is 0 Å². The van der Waals surface area contributed by atoms with Crippen molar-refractivity contribution in [2.24, 2.45) is 0 Å². The van der Waals surface area contributed by atoms with Crippen LogP contribution in [0.3, 0.4) is 0 Å². The van der Waals surface area contributed by atoms with Gasteiger partial charge in [-0.3, -0.25) is 4.79 Å². The molecule has 0 bridgehead atoms. The van der Waals surface area contributed by atoms with Gasteiger partial charge in [-0.2, -0.15) is 4.31 Å². The van der Waals surface area contributed by atoms with Gasteiger partial charge in [-0.25, -0.2) is 13.2 Å². The van der Waals surface area contributed by atoms with Gasteiger partial charge in [0.1, 0.15) is 6.54 Å². The lowest BCUT2D eigenvalue weighted by atomic mass is 10.2. The maximum atomic E-state index is 12.3. The van der Waals surface area contributed by atoms with Crippen molar-refractivity contribution in [1.29, 1.82) is 0 Å². The Morgan fingerprint density at radius 1 is 1.36 bits per heavy atom. The first-order valence-electron chi connectivity index (χ1n) is 6.70. The molecule has 0 amide bonds. The molecule has 7 nitrogen and oxygen atoms in total. The molecule has 0 unspecified atom stereocenters. The Bertz CT molecular complexity index is 667. The fraction of sp³-hybridized carbons (Fsp3) is 0.429. The van der Waals surface area contributed by atoms with Crippen molar-refractivity contribution in [2.75, 3.05) is 20.2 Å². The summed E-state index contributed by atoms with van der Waals surface area (Å²) in [6, 6.07) is 6.29. The number of carbonyl (C=O) groups excluding carboxylic acids is 2. The molecule has 1 aromatic carbocycles. The molecule has 1 aliphatic rings. The van der Waals surface area contributed by atoms with Crippen LogP contribution in [0.1, 0.15) is 12.0 Å². The first-order valence-corrected chi connectivity index (χ1v) is 8.14. The van der Waals surface area contributed by atoms with Gasteiger partial charge in [0, 0.05) is 13.5 Å². The van der Waals surface area contributed by atoms with Crippen molar-refractivity contribution < 1.29 is 27.5 Å². The second kappa shape index (κ2) is 6.45. The van der Waals surface area contributed by atoms with Crippen LogP contribution in [0.25, 0.3) is 0 Å². The molecule has 1 saturated heterocycles. The van der Waals surface area contributed by atoms with E-state index in [2.05, 4.69) is 4.74 Å². The van der Waals surface area contributed by atoms with Crippen molar-refractivity contribution in [3.8, 4) is 0 Å². The van der Waals surface area contributed by atoms with Gasteiger partial charge in [0.2, 0.25) is 16.1 Å². The summed E-state index contributed by atoms with van der Waals surface area (Å²) in [6.45, 7) is 1.58. The molecule has 1 aromatic rings. The zero-order valence-corrected chi connectivity index (χ0v) is 13.1. The maximum Gasteiger partial charge on any atom is 0.347 e. The number of rotatable bonds is 5. The number of likely N-dealkylation sites (N-methyl/N-ethyl adjacent to an activating group) is 1. The van der Waals surface area contributed by atoms with E-state index in [9.17, 15) is 18.0 Å². The Hall–Kier alpha value is -1.93. The summed E-state index contributed by atoms with van der Waals surface area (Å²) < 4.78 is 35.1. The molecule has 2 rings (SSSR count). The second-order valence-electron chi connectivity index (χ2n) is 5.01. The van der Waals surface area contributed by atoms with Crippen LogP contribution in [0.4, 0.5) is 0 Å². The molecular weight excluding hydrogens is 310 g/mol. The molecule has 1 fully saturated rings. The molecule has 1 aliphatic heterocycles. The highest BCUT2D eigenvalue weighted by atomic mass is 32.2. The van der Waals surface area contributed by atoms with Gasteiger partial charge in [0.15, 0.2) is 0 Å². The molecule has 8 heteroatoms. The Morgan fingerprint density at radius 2 is 2.00 bits per heavy atom. The zero-order chi connectivity index (χ0) is 16.3. The van der Waals surface area contributed by atoms with Crippen LogP contribution in [-0.2, 0) is 29.1 Å². The van der Waals surface area contributed by atoms with Gasteiger partial charge in [-0.15, -0.1) is 0 Å². The van der Waals surface area contributed by atoms with E-state index < -0.39 is 34.6 Å². The summed E-state index contributed by atoms with van der Waals surface area (Å²) in [7, 11) is -2.50. The number of aryl methyl sites for hydroxylation is 1. The quantitative estimate of drug-likeness (QED) is 0.731. The first-order chi connectivity index (χ1) is 10.3. The van der Waals surface area contributed by atoms with Crippen molar-refractivity contribution in [3.05, 3.63) is 29.8 Å². The van der Waals surface area contributed by atoms with Crippen LogP contribution >= 0.6 is 0 Å². The first kappa shape index (κ1) is 16.4. The molecule has 0 saturated carbocycles. The Labute approximate surface area is 128 Å². The third kappa shape index (κ3) is 3.63. The van der Waals surface area contributed by atoms with Gasteiger partial charge in [0.25, 0.3) is 0 Å². The summed E-state index contributed by atoms with van der Waals surface area (Å²) in [5, 5.41) is 0. The lowest BCUT2D eigenvalue weighted by Crippen LogP contribution is -2.35. The van der Waals surface area contributed by atoms with Crippen LogP contribution in [0.2, 0.25) is 0 Å². The average molecular weight is 327 g/mol. The Morgan fingerprint density at radius 3 is 2.55 bits per heavy atom. The minimum Gasteiger partial charge on any atom is -0.463 e. The third-order valence-electron chi connectivity index (χ3n) is 3.24. The van der Waals surface area contributed by atoms with Gasteiger partial charge in [-0.05, 0) is 19.1 Å².